The van der Waals surface area contributed by atoms with E-state index in [1.165, 1.54) is 24.3 Å². The normalized spacial score (nSPS) is 17.6. The molecule has 2 aliphatic carbocycles. The van der Waals surface area contributed by atoms with Crippen molar-refractivity contribution in [3.8, 4) is 0 Å². The fourth-order valence-electron chi connectivity index (χ4n) is 8.21. The van der Waals surface area contributed by atoms with Crippen LogP contribution in [-0.4, -0.2) is 114 Å². The number of rotatable bonds is 14. The Balaban J connectivity index is 1.71. The third-order valence-corrected chi connectivity index (χ3v) is 16.8. The summed E-state index contributed by atoms with van der Waals surface area (Å²) in [7, 11) is -33.8. The van der Waals surface area contributed by atoms with Gasteiger partial charge in [-0.1, -0.05) is 38.2 Å². The molecule has 4 amide bonds. The van der Waals surface area contributed by atoms with E-state index in [0.717, 1.165) is 30.4 Å². The molecule has 2 unspecified atom stereocenters. The molecule has 404 valence electrons. The molecule has 0 fully saturated rings. The Morgan fingerprint density at radius 2 is 0.831 bits per heavy atom. The lowest BCUT2D eigenvalue weighted by atomic mass is 9.94. The highest BCUT2D eigenvalue weighted by molar-refractivity contribution is 7.88. The van der Waals surface area contributed by atoms with Gasteiger partial charge in [0.05, 0.1) is 44.0 Å². The van der Waals surface area contributed by atoms with Crippen LogP contribution in [0.25, 0.3) is 21.5 Å². The fourth-order valence-corrected chi connectivity index (χ4v) is 12.3. The summed E-state index contributed by atoms with van der Waals surface area (Å²) >= 11 is 0. The van der Waals surface area contributed by atoms with Crippen LogP contribution < -0.4 is 15.5 Å². The molecule has 0 saturated carbocycles. The Labute approximate surface area is 436 Å². The first kappa shape index (κ1) is 57.2. The van der Waals surface area contributed by atoms with Gasteiger partial charge in [-0.15, -0.1) is 0 Å². The number of aliphatic imine (C=N–C) groups is 2. The van der Waals surface area contributed by atoms with E-state index < -0.39 is 175 Å². The average molecular weight is 1180 g/mol. The lowest BCUT2D eigenvalue weighted by Crippen LogP contribution is -2.31. The van der Waals surface area contributed by atoms with Crippen molar-refractivity contribution in [3.05, 3.63) is 114 Å². The summed E-state index contributed by atoms with van der Waals surface area (Å²) in [5.74, 6) is -3.96. The highest BCUT2D eigenvalue weighted by Gasteiger charge is 2.36. The predicted molar refractivity (Wildman–Crippen MR) is 272 cm³/mol. The molecule has 33 heteroatoms. The largest absolute Gasteiger partial charge is 0.399 e. The Morgan fingerprint density at radius 3 is 1.13 bits per heavy atom. The van der Waals surface area contributed by atoms with E-state index in [2.05, 4.69) is 9.98 Å². The van der Waals surface area contributed by atoms with Crippen LogP contribution in [0.1, 0.15) is 13.8 Å². The van der Waals surface area contributed by atoms with Gasteiger partial charge in [0.1, 0.15) is 19.6 Å². The Kier molecular flexibility index (Phi) is 14.9. The van der Waals surface area contributed by atoms with Gasteiger partial charge in [0, 0.05) is 50.2 Å². The zero-order chi connectivity index (χ0) is 57.3. The number of hydrogen-bond donors (Lipinski definition) is 7. The maximum atomic E-state index is 15.3. The summed E-state index contributed by atoms with van der Waals surface area (Å²) in [5, 5.41) is -4.35. The second-order valence-corrected chi connectivity index (χ2v) is 25.0. The molecular weight excluding hydrogens is 1140 g/mol. The summed E-state index contributed by atoms with van der Waals surface area (Å²) in [6.45, 7) is 3.09. The minimum Gasteiger partial charge on any atom is -0.399 e. The minimum absolute atomic E-state index is 0.0635. The number of fused-ring (bicyclic) bond motifs is 2. The highest BCUT2D eigenvalue weighted by atomic mass is 32.2. The molecule has 0 radical (unpaired) electrons. The van der Waals surface area contributed by atoms with Crippen molar-refractivity contribution >= 4 is 147 Å². The molecule has 0 heterocycles. The van der Waals surface area contributed by atoms with Crippen molar-refractivity contribution in [2.45, 2.75) is 43.2 Å². The van der Waals surface area contributed by atoms with Gasteiger partial charge in [-0.3, -0.25) is 56.3 Å². The van der Waals surface area contributed by atoms with Crippen LogP contribution in [0.3, 0.4) is 0 Å². The Bertz CT molecular complexity index is 4140. The van der Waals surface area contributed by atoms with Crippen molar-refractivity contribution in [3.63, 3.8) is 0 Å². The molecular formula is C44H35N5O22S6. The number of hydrogen-bond acceptors (Lipinski definition) is 17. The summed E-state index contributed by atoms with van der Waals surface area (Å²) < 4.78 is 217. The van der Waals surface area contributed by atoms with E-state index in [9.17, 15) is 87.4 Å². The molecule has 0 spiro atoms. The van der Waals surface area contributed by atoms with Gasteiger partial charge in [0.2, 0.25) is 12.8 Å². The minimum atomic E-state index is -5.83. The van der Waals surface area contributed by atoms with Crippen LogP contribution in [0.15, 0.2) is 154 Å². The average Bonchev–Trinajstić information content (AvgIpc) is 3.31. The molecule has 7 rings (SSSR count). The van der Waals surface area contributed by atoms with Gasteiger partial charge in [0.15, 0.2) is 0 Å². The maximum Gasteiger partial charge on any atom is 0.295 e. The summed E-state index contributed by atoms with van der Waals surface area (Å²) in [4.78, 5) is 54.0. The fraction of sp³-hybridized carbons (Fsp3) is 0.0909. The summed E-state index contributed by atoms with van der Waals surface area (Å²) in [6.07, 6.45) is 7.43. The van der Waals surface area contributed by atoms with Gasteiger partial charge in [-0.2, -0.15) is 50.5 Å². The van der Waals surface area contributed by atoms with E-state index in [-0.39, 0.29) is 36.4 Å². The lowest BCUT2D eigenvalue weighted by molar-refractivity contribution is -0.114. The van der Waals surface area contributed by atoms with Crippen molar-refractivity contribution in [2.75, 3.05) is 15.5 Å². The Morgan fingerprint density at radius 1 is 0.494 bits per heavy atom. The van der Waals surface area contributed by atoms with Crippen LogP contribution >= 0.6 is 0 Å². The first-order chi connectivity index (χ1) is 35.5. The molecule has 8 N–H and O–H groups in total. The Hall–Kier alpha value is -7.54. The van der Waals surface area contributed by atoms with Gasteiger partial charge in [-0.25, -0.2) is 9.98 Å². The van der Waals surface area contributed by atoms with Crippen LogP contribution in [0.5, 0.6) is 0 Å². The SMILES string of the molecule is CC1C=CC(C(=O)N(c2cc(N)cc(N(C(=O)C3=CC(=NC=O)C(C)C=C3)c3ccc(S(=O)(=O)O)c4cc(S(=O)(=O)O)cc(S(=O)(=O)O)c34)c2)c2ccc(S(=O)(=O)O)c3cc(S(=O)(=O)O)cc(S(=O)(=O)O)c23)=CC1=NC=O. The number of anilines is 5. The molecule has 27 nitrogen and oxygen atoms in total. The maximum absolute atomic E-state index is 15.3. The third-order valence-electron chi connectivity index (χ3n) is 11.6. The molecule has 2 aliphatic rings. The van der Waals surface area contributed by atoms with Crippen molar-refractivity contribution in [1.82, 2.24) is 0 Å². The van der Waals surface area contributed by atoms with E-state index in [1.807, 2.05) is 0 Å². The number of carbonyl (C=O) groups is 4. The van der Waals surface area contributed by atoms with E-state index in [0.29, 0.717) is 46.2 Å². The van der Waals surface area contributed by atoms with E-state index in [1.54, 1.807) is 13.8 Å². The number of nitrogens with zero attached hydrogens (tertiary/aromatic N) is 4. The van der Waals surface area contributed by atoms with E-state index in [4.69, 9.17) is 5.73 Å². The molecule has 77 heavy (non-hydrogen) atoms. The number of nitrogen functional groups attached to an aromatic ring is 1. The van der Waals surface area contributed by atoms with Crippen LogP contribution in [0.2, 0.25) is 0 Å². The zero-order valence-corrected chi connectivity index (χ0v) is 43.6. The second kappa shape index (κ2) is 20.1. The molecule has 5 aromatic carbocycles. The number of benzene rings is 5. The van der Waals surface area contributed by atoms with Crippen molar-refractivity contribution in [1.29, 1.82) is 0 Å². The van der Waals surface area contributed by atoms with Crippen LogP contribution in [-0.2, 0) is 79.9 Å². The molecule has 0 saturated heterocycles. The molecule has 5 aromatic rings. The number of amides is 4. The number of nitrogens with two attached hydrogens (primary N) is 1. The summed E-state index contributed by atoms with van der Waals surface area (Å²) in [5.41, 5.74) is 1.96. The standard InChI is InChI=1S/C44H35N5O22S6/c1-22-3-5-24(11-33(22)46-20-50)43(52)48(35-7-9-37(74(60,61)62)31-16-29(72(54,55)56)18-39(41(31)35)76(66,67)68)27-13-26(45)14-28(15-27)49(44(53)25-6-4-23(2)34(12-25)47-21-51)36-8-10-38(75(63,64)65)32-17-30(73(57,58)59)19-40(42(32)36)77(69,70)71/h3-23H,45H2,1-2H3,(H,54,55,56)(H,57,58,59)(H,60,61,62)(H,63,64,65)(H,66,67,68)(H,69,70,71). The summed E-state index contributed by atoms with van der Waals surface area (Å²) in [6, 6.07) is 6.15. The first-order valence-electron chi connectivity index (χ1n) is 21.0. The van der Waals surface area contributed by atoms with Crippen molar-refractivity contribution in [2.24, 2.45) is 21.8 Å². The lowest BCUT2D eigenvalue weighted by Gasteiger charge is -2.31. The van der Waals surface area contributed by atoms with Gasteiger partial charge < -0.3 is 5.73 Å². The van der Waals surface area contributed by atoms with Crippen molar-refractivity contribution < 1.29 is 97.0 Å². The third kappa shape index (κ3) is 11.5. The molecule has 0 aromatic heterocycles. The monoisotopic (exact) mass is 1180 g/mol. The van der Waals surface area contributed by atoms with Gasteiger partial charge >= 0.3 is 0 Å². The van der Waals surface area contributed by atoms with Crippen LogP contribution in [0, 0.1) is 11.8 Å². The molecule has 2 atom stereocenters. The number of allylic oxidation sites excluding steroid dienone is 4. The molecule has 0 aliphatic heterocycles. The predicted octanol–water partition coefficient (Wildman–Crippen LogP) is 3.84. The zero-order valence-electron chi connectivity index (χ0n) is 38.7. The quantitative estimate of drug-likeness (QED) is 0.0471. The highest BCUT2D eigenvalue weighted by Crippen LogP contribution is 2.46. The second-order valence-electron chi connectivity index (χ2n) is 16.6. The van der Waals surface area contributed by atoms with E-state index >= 15 is 9.59 Å². The molecule has 0 bridgehead atoms. The van der Waals surface area contributed by atoms with Crippen LogP contribution in [0.4, 0.5) is 28.4 Å². The van der Waals surface area contributed by atoms with Gasteiger partial charge in [-0.05, 0) is 78.9 Å². The topological polar surface area (TPSA) is 452 Å². The first-order valence-corrected chi connectivity index (χ1v) is 29.6. The van der Waals surface area contributed by atoms with Gasteiger partial charge in [0.25, 0.3) is 72.5 Å². The number of carbonyl (C=O) groups excluding carboxylic acids is 4. The smallest absolute Gasteiger partial charge is 0.295 e.